The van der Waals surface area contributed by atoms with Crippen molar-refractivity contribution in [2.24, 2.45) is 23.2 Å². The largest absolute Gasteiger partial charge is 0.481 e. The first-order chi connectivity index (χ1) is 15.3. The minimum atomic E-state index is -1.15. The lowest BCUT2D eigenvalue weighted by Crippen LogP contribution is -2.65. The van der Waals surface area contributed by atoms with Gasteiger partial charge in [0.2, 0.25) is 5.91 Å². The predicted octanol–water partition coefficient (Wildman–Crippen LogP) is 2.78. The van der Waals surface area contributed by atoms with Gasteiger partial charge in [0.25, 0.3) is 5.91 Å². The molecule has 5 atom stereocenters. The Kier molecular flexibility index (Phi) is 6.10. The Morgan fingerprint density at radius 3 is 2.58 bits per heavy atom. The summed E-state index contributed by atoms with van der Waals surface area (Å²) in [6.07, 6.45) is 7.26. The summed E-state index contributed by atoms with van der Waals surface area (Å²) in [5, 5.41) is 5.89. The van der Waals surface area contributed by atoms with Crippen LogP contribution in [0.15, 0.2) is 18.6 Å². The highest BCUT2D eigenvalue weighted by Crippen LogP contribution is 2.65. The number of carbonyl (C=O) groups is 2. The zero-order valence-corrected chi connectivity index (χ0v) is 20.8. The highest BCUT2D eigenvalue weighted by Gasteiger charge is 2.68. The van der Waals surface area contributed by atoms with E-state index in [0.29, 0.717) is 24.2 Å². The number of aromatic nitrogens is 2. The molecule has 180 valence electrons. The van der Waals surface area contributed by atoms with Gasteiger partial charge in [-0.05, 0) is 63.2 Å². The number of nitrogens with zero attached hydrogens (tertiary/aromatic N) is 2. The minimum Gasteiger partial charge on any atom is -0.404 e. The average Bonchev–Trinajstić information content (AvgIpc) is 3.10. The second-order valence-electron chi connectivity index (χ2n) is 11.7. The quantitative estimate of drug-likeness (QED) is 0.612. The van der Waals surface area contributed by atoms with E-state index in [4.69, 9.17) is 9.31 Å². The zero-order chi connectivity index (χ0) is 24.2. The van der Waals surface area contributed by atoms with Gasteiger partial charge in [0.1, 0.15) is 11.2 Å². The molecule has 4 aliphatic rings. The smallest absolute Gasteiger partial charge is 0.404 e. The fourth-order valence-corrected chi connectivity index (χ4v) is 5.99. The van der Waals surface area contributed by atoms with Gasteiger partial charge in [-0.15, -0.1) is 0 Å². The number of carbonyl (C=O) groups excluding carboxylic acids is 2. The van der Waals surface area contributed by atoms with Crippen LogP contribution in [0.5, 0.6) is 0 Å². The summed E-state index contributed by atoms with van der Waals surface area (Å²) in [7, 11) is -0.506. The highest BCUT2D eigenvalue weighted by molar-refractivity contribution is 6.48. The van der Waals surface area contributed by atoms with E-state index < -0.39 is 18.6 Å². The lowest BCUT2D eigenvalue weighted by atomic mass is 9.43. The van der Waals surface area contributed by atoms with E-state index in [1.54, 1.807) is 13.8 Å². The minimum absolute atomic E-state index is 0.0511. The van der Waals surface area contributed by atoms with Crippen LogP contribution < -0.4 is 10.6 Å². The molecular formula is C24H37BN4O4. The first kappa shape index (κ1) is 24.1. The van der Waals surface area contributed by atoms with Gasteiger partial charge < -0.3 is 19.9 Å². The standard InChI is InChI=1S/C24H37BN4O4/c1-14(2)10-19(25-32-18-12-15-11-17(22(15,3)4)24(18,7)33-25)28-21(31)23(5,6)29-20(30)16-13-26-8-9-27-16/h8-9,13-15,17-19H,10-12H2,1-7H3,(H,28,31)(H,29,30)/t15-,17-,18+,19-,24-/m0/s1. The van der Waals surface area contributed by atoms with Crippen LogP contribution >= 0.6 is 0 Å². The van der Waals surface area contributed by atoms with Crippen LogP contribution in [-0.4, -0.2) is 52.1 Å². The van der Waals surface area contributed by atoms with E-state index in [2.05, 4.69) is 55.2 Å². The number of hydrogen-bond acceptors (Lipinski definition) is 6. The molecule has 1 aliphatic heterocycles. The van der Waals surface area contributed by atoms with Gasteiger partial charge in [-0.3, -0.25) is 14.6 Å². The third kappa shape index (κ3) is 4.30. The molecule has 8 nitrogen and oxygen atoms in total. The molecule has 2 amide bonds. The summed E-state index contributed by atoms with van der Waals surface area (Å²) in [5.41, 5.74) is -1.06. The normalized spacial score (nSPS) is 30.9. The molecule has 0 aromatic carbocycles. The average molecular weight is 456 g/mol. The highest BCUT2D eigenvalue weighted by atomic mass is 16.7. The van der Waals surface area contributed by atoms with Crippen LogP contribution in [0.1, 0.15) is 78.2 Å². The van der Waals surface area contributed by atoms with E-state index in [1.165, 1.54) is 25.0 Å². The van der Waals surface area contributed by atoms with Crippen molar-refractivity contribution in [2.75, 3.05) is 0 Å². The molecule has 2 bridgehead atoms. The van der Waals surface area contributed by atoms with Crippen LogP contribution in [0, 0.1) is 23.2 Å². The monoisotopic (exact) mass is 456 g/mol. The molecule has 1 aromatic heterocycles. The molecule has 1 aromatic rings. The lowest BCUT2D eigenvalue weighted by Gasteiger charge is -2.64. The Morgan fingerprint density at radius 2 is 1.97 bits per heavy atom. The summed E-state index contributed by atoms with van der Waals surface area (Å²) >= 11 is 0. The van der Waals surface area contributed by atoms with Crippen molar-refractivity contribution in [3.63, 3.8) is 0 Å². The second-order valence-corrected chi connectivity index (χ2v) is 11.7. The summed E-state index contributed by atoms with van der Waals surface area (Å²) in [4.78, 5) is 33.8. The molecule has 0 radical (unpaired) electrons. The Balaban J connectivity index is 1.46. The van der Waals surface area contributed by atoms with Gasteiger partial charge in [-0.1, -0.05) is 27.7 Å². The molecule has 5 rings (SSSR count). The van der Waals surface area contributed by atoms with Gasteiger partial charge in [-0.25, -0.2) is 4.98 Å². The van der Waals surface area contributed by atoms with E-state index in [1.807, 2.05) is 0 Å². The Morgan fingerprint density at radius 1 is 1.24 bits per heavy atom. The molecule has 3 aliphatic carbocycles. The van der Waals surface area contributed by atoms with Crippen molar-refractivity contribution in [1.29, 1.82) is 0 Å². The molecule has 2 N–H and O–H groups in total. The van der Waals surface area contributed by atoms with E-state index >= 15 is 0 Å². The van der Waals surface area contributed by atoms with Crippen LogP contribution in [0.3, 0.4) is 0 Å². The molecular weight excluding hydrogens is 419 g/mol. The van der Waals surface area contributed by atoms with Gasteiger partial charge in [-0.2, -0.15) is 0 Å². The van der Waals surface area contributed by atoms with E-state index in [-0.39, 0.29) is 34.7 Å². The first-order valence-corrected chi connectivity index (χ1v) is 12.1. The first-order valence-electron chi connectivity index (χ1n) is 12.1. The van der Waals surface area contributed by atoms with Crippen LogP contribution in [-0.2, 0) is 14.1 Å². The molecule has 3 saturated carbocycles. The number of hydrogen-bond donors (Lipinski definition) is 2. The molecule has 9 heteroatoms. The third-order valence-corrected chi connectivity index (χ3v) is 8.13. The van der Waals surface area contributed by atoms with Crippen molar-refractivity contribution in [3.8, 4) is 0 Å². The summed E-state index contributed by atoms with van der Waals surface area (Å²) in [5.74, 6) is 0.404. The van der Waals surface area contributed by atoms with Crippen molar-refractivity contribution in [2.45, 2.75) is 90.9 Å². The molecule has 0 spiro atoms. The number of nitrogens with one attached hydrogen (secondary N) is 2. The molecule has 33 heavy (non-hydrogen) atoms. The van der Waals surface area contributed by atoms with Gasteiger partial charge in [0.05, 0.1) is 23.8 Å². The fourth-order valence-electron chi connectivity index (χ4n) is 5.99. The zero-order valence-electron chi connectivity index (χ0n) is 20.8. The number of amides is 2. The summed E-state index contributed by atoms with van der Waals surface area (Å²) in [6, 6.07) is 0. The SMILES string of the molecule is CC(C)C[C@H](NC(=O)C(C)(C)NC(=O)c1cnccn1)B1O[C@@H]2C[C@@H]3C[C@@H](C3(C)C)[C@]2(C)O1. The molecule has 1 saturated heterocycles. The maximum absolute atomic E-state index is 13.3. The molecule has 2 heterocycles. The van der Waals surface area contributed by atoms with Gasteiger partial charge >= 0.3 is 7.12 Å². The van der Waals surface area contributed by atoms with Gasteiger partial charge in [0.15, 0.2) is 0 Å². The van der Waals surface area contributed by atoms with Crippen molar-refractivity contribution >= 4 is 18.9 Å². The third-order valence-electron chi connectivity index (χ3n) is 8.13. The van der Waals surface area contributed by atoms with E-state index in [0.717, 1.165) is 6.42 Å². The van der Waals surface area contributed by atoms with Crippen molar-refractivity contribution in [3.05, 3.63) is 24.3 Å². The van der Waals surface area contributed by atoms with Crippen LogP contribution in [0.4, 0.5) is 0 Å². The maximum atomic E-state index is 13.3. The van der Waals surface area contributed by atoms with Crippen molar-refractivity contribution < 1.29 is 18.9 Å². The van der Waals surface area contributed by atoms with Gasteiger partial charge in [0, 0.05) is 12.4 Å². The van der Waals surface area contributed by atoms with Crippen molar-refractivity contribution in [1.82, 2.24) is 20.6 Å². The Hall–Kier alpha value is -2.00. The topological polar surface area (TPSA) is 102 Å². The fraction of sp³-hybridized carbons (Fsp3) is 0.750. The Bertz CT molecular complexity index is 909. The second kappa shape index (κ2) is 8.34. The Labute approximate surface area is 197 Å². The maximum Gasteiger partial charge on any atom is 0.481 e. The molecule has 0 unspecified atom stereocenters. The summed E-state index contributed by atoms with van der Waals surface area (Å²) in [6.45, 7) is 14.4. The molecule has 4 fully saturated rings. The predicted molar refractivity (Wildman–Crippen MR) is 125 cm³/mol. The van der Waals surface area contributed by atoms with Crippen LogP contribution in [0.25, 0.3) is 0 Å². The van der Waals surface area contributed by atoms with Crippen LogP contribution in [0.2, 0.25) is 0 Å². The summed E-state index contributed by atoms with van der Waals surface area (Å²) < 4.78 is 13.1. The number of rotatable bonds is 7. The lowest BCUT2D eigenvalue weighted by molar-refractivity contribution is -0.199. The van der Waals surface area contributed by atoms with E-state index in [9.17, 15) is 9.59 Å².